The lowest BCUT2D eigenvalue weighted by Crippen LogP contribution is -2.06. The molecule has 0 heterocycles. The van der Waals surface area contributed by atoms with Crippen LogP contribution in [0.3, 0.4) is 0 Å². The predicted octanol–water partition coefficient (Wildman–Crippen LogP) is 7.60. The minimum atomic E-state index is 0.342. The van der Waals surface area contributed by atoms with Gasteiger partial charge in [-0.2, -0.15) is 0 Å². The van der Waals surface area contributed by atoms with E-state index in [2.05, 4.69) is 45.0 Å². The van der Waals surface area contributed by atoms with Crippen LogP contribution in [0.25, 0.3) is 0 Å². The summed E-state index contributed by atoms with van der Waals surface area (Å²) in [6, 6.07) is 16.6. The zero-order valence-electron chi connectivity index (χ0n) is 18.1. The Bertz CT molecular complexity index is 559. The van der Waals surface area contributed by atoms with Crippen LogP contribution in [-0.2, 0) is 19.3 Å². The number of hydrogen-bond acceptors (Lipinski definition) is 1. The Morgan fingerprint density at radius 3 is 1.35 bits per heavy atom. The maximum atomic E-state index is 9.28. The molecule has 1 nitrogen and oxygen atoms in total. The summed E-state index contributed by atoms with van der Waals surface area (Å²) in [5.41, 5.74) is 4.55. The van der Waals surface area contributed by atoms with E-state index >= 15 is 0 Å². The Morgan fingerprint density at radius 2 is 0.962 bits per heavy atom. The van der Waals surface area contributed by atoms with Crippen molar-refractivity contribution in [3.8, 4) is 5.75 Å². The number of phenols is 1. The van der Waals surface area contributed by atoms with Crippen LogP contribution >= 0.6 is 0 Å². The monoisotopic (exact) mass is 356 g/mol. The summed E-state index contributed by atoms with van der Waals surface area (Å²) in [6.45, 7) is 14.9. The molecule has 0 saturated heterocycles. The van der Waals surface area contributed by atoms with E-state index in [4.69, 9.17) is 0 Å². The summed E-state index contributed by atoms with van der Waals surface area (Å²) < 4.78 is 0. The smallest absolute Gasteiger partial charge is 0.115 e. The standard InChI is InChI=1S/C21H28O.2C2H6/c1-21(2,3)16-15-19-9-7-17(8-10-19)5-4-6-18-11-13-20(22)14-12-18;2*1-2/h7-14,22H,4-6,15-16H2,1-3H3;2*1-2H3. The average Bonchev–Trinajstić information content (AvgIpc) is 2.65. The van der Waals surface area contributed by atoms with Gasteiger partial charge in [0, 0.05) is 0 Å². The van der Waals surface area contributed by atoms with Crippen LogP contribution < -0.4 is 0 Å². The molecule has 0 aliphatic carbocycles. The van der Waals surface area contributed by atoms with Gasteiger partial charge in [-0.05, 0) is 66.3 Å². The first kappa shape index (κ1) is 24.2. The second-order valence-corrected chi connectivity index (χ2v) is 7.40. The number of rotatable bonds is 6. The fraction of sp³-hybridized carbons (Fsp3) is 0.520. The molecule has 0 amide bonds. The Hall–Kier alpha value is -1.76. The summed E-state index contributed by atoms with van der Waals surface area (Å²) in [4.78, 5) is 0. The topological polar surface area (TPSA) is 20.2 Å². The predicted molar refractivity (Wildman–Crippen MR) is 117 cm³/mol. The maximum Gasteiger partial charge on any atom is 0.115 e. The van der Waals surface area contributed by atoms with Crippen LogP contribution in [0, 0.1) is 5.41 Å². The van der Waals surface area contributed by atoms with Crippen LogP contribution in [-0.4, -0.2) is 5.11 Å². The molecule has 0 aliphatic heterocycles. The molecule has 0 aromatic heterocycles. The largest absolute Gasteiger partial charge is 0.508 e. The van der Waals surface area contributed by atoms with Crippen molar-refractivity contribution in [3.63, 3.8) is 0 Å². The Balaban J connectivity index is 0.00000146. The van der Waals surface area contributed by atoms with Gasteiger partial charge >= 0.3 is 0 Å². The molecule has 1 heteroatoms. The minimum Gasteiger partial charge on any atom is -0.508 e. The van der Waals surface area contributed by atoms with Gasteiger partial charge < -0.3 is 5.11 Å². The molecule has 0 fully saturated rings. The molecule has 146 valence electrons. The van der Waals surface area contributed by atoms with Crippen molar-refractivity contribution in [2.24, 2.45) is 5.41 Å². The molecule has 2 rings (SSSR count). The van der Waals surface area contributed by atoms with Gasteiger partial charge in [0.05, 0.1) is 0 Å². The zero-order valence-corrected chi connectivity index (χ0v) is 18.1. The van der Waals surface area contributed by atoms with Gasteiger partial charge in [-0.1, -0.05) is 84.9 Å². The second-order valence-electron chi connectivity index (χ2n) is 7.40. The lowest BCUT2D eigenvalue weighted by molar-refractivity contribution is 0.378. The highest BCUT2D eigenvalue weighted by atomic mass is 16.3. The lowest BCUT2D eigenvalue weighted by Gasteiger charge is -2.17. The first-order valence-electron chi connectivity index (χ1n) is 10.3. The molecule has 0 aliphatic rings. The zero-order chi connectivity index (χ0) is 20.0. The van der Waals surface area contributed by atoms with E-state index in [0.717, 1.165) is 25.7 Å². The highest BCUT2D eigenvalue weighted by molar-refractivity contribution is 5.26. The highest BCUT2D eigenvalue weighted by Gasteiger charge is 2.09. The number of benzene rings is 2. The van der Waals surface area contributed by atoms with Gasteiger partial charge in [-0.3, -0.25) is 0 Å². The summed E-state index contributed by atoms with van der Waals surface area (Å²) >= 11 is 0. The Labute approximate surface area is 162 Å². The van der Waals surface area contributed by atoms with Crippen molar-refractivity contribution >= 4 is 0 Å². The number of hydrogen-bond donors (Lipinski definition) is 1. The number of aromatic hydroxyl groups is 1. The molecule has 0 bridgehead atoms. The molecule has 0 saturated carbocycles. The van der Waals surface area contributed by atoms with Crippen LogP contribution in [0.5, 0.6) is 5.75 Å². The number of phenolic OH excluding ortho intramolecular Hbond substituents is 1. The average molecular weight is 357 g/mol. The molecule has 0 atom stereocenters. The third-order valence-corrected chi connectivity index (χ3v) is 4.05. The SMILES string of the molecule is CC.CC.CC(C)(C)CCc1ccc(CCCc2ccc(O)cc2)cc1. The van der Waals surface area contributed by atoms with Gasteiger partial charge in [0.15, 0.2) is 0 Å². The van der Waals surface area contributed by atoms with E-state index in [0.29, 0.717) is 11.2 Å². The third-order valence-electron chi connectivity index (χ3n) is 4.05. The first-order chi connectivity index (χ1) is 12.4. The summed E-state index contributed by atoms with van der Waals surface area (Å²) in [5, 5.41) is 9.28. The lowest BCUT2D eigenvalue weighted by atomic mass is 9.88. The fourth-order valence-corrected chi connectivity index (χ4v) is 2.55. The molecule has 2 aromatic carbocycles. The number of aryl methyl sites for hydroxylation is 3. The summed E-state index contributed by atoms with van der Waals surface area (Å²) in [6.07, 6.45) is 5.71. The van der Waals surface area contributed by atoms with Gasteiger partial charge in [-0.15, -0.1) is 0 Å². The van der Waals surface area contributed by atoms with Gasteiger partial charge in [-0.25, -0.2) is 0 Å². The van der Waals surface area contributed by atoms with Crippen molar-refractivity contribution in [1.29, 1.82) is 0 Å². The quantitative estimate of drug-likeness (QED) is 0.565. The second kappa shape index (κ2) is 13.4. The van der Waals surface area contributed by atoms with Crippen molar-refractivity contribution in [3.05, 3.63) is 65.2 Å². The normalized spacial score (nSPS) is 10.3. The minimum absolute atomic E-state index is 0.342. The van der Waals surface area contributed by atoms with E-state index in [1.165, 1.54) is 23.1 Å². The fourth-order valence-electron chi connectivity index (χ4n) is 2.55. The van der Waals surface area contributed by atoms with E-state index in [1.807, 2.05) is 39.8 Å². The van der Waals surface area contributed by atoms with Crippen LogP contribution in [0.2, 0.25) is 0 Å². The summed E-state index contributed by atoms with van der Waals surface area (Å²) in [7, 11) is 0. The van der Waals surface area contributed by atoms with Gasteiger partial charge in [0.1, 0.15) is 5.75 Å². The van der Waals surface area contributed by atoms with Gasteiger partial charge in [0.2, 0.25) is 0 Å². The van der Waals surface area contributed by atoms with E-state index < -0.39 is 0 Å². The molecule has 0 unspecified atom stereocenters. The maximum absolute atomic E-state index is 9.28. The van der Waals surface area contributed by atoms with E-state index in [-0.39, 0.29) is 0 Å². The Kier molecular flexibility index (Phi) is 12.5. The highest BCUT2D eigenvalue weighted by Crippen LogP contribution is 2.21. The molecule has 1 N–H and O–H groups in total. The third kappa shape index (κ3) is 11.0. The molecular weight excluding hydrogens is 316 g/mol. The van der Waals surface area contributed by atoms with Crippen LogP contribution in [0.4, 0.5) is 0 Å². The van der Waals surface area contributed by atoms with Crippen molar-refractivity contribution in [1.82, 2.24) is 0 Å². The molecule has 2 aromatic rings. The molecule has 26 heavy (non-hydrogen) atoms. The Morgan fingerprint density at radius 1 is 0.615 bits per heavy atom. The van der Waals surface area contributed by atoms with E-state index in [9.17, 15) is 5.11 Å². The molecule has 0 radical (unpaired) electrons. The molecule has 0 spiro atoms. The molecular formula is C25H40O. The van der Waals surface area contributed by atoms with E-state index in [1.54, 1.807) is 12.1 Å². The van der Waals surface area contributed by atoms with Crippen molar-refractivity contribution in [2.75, 3.05) is 0 Å². The van der Waals surface area contributed by atoms with Crippen LogP contribution in [0.1, 0.15) is 78.0 Å². The first-order valence-corrected chi connectivity index (χ1v) is 10.3. The summed E-state index contributed by atoms with van der Waals surface area (Å²) in [5.74, 6) is 0.342. The van der Waals surface area contributed by atoms with Gasteiger partial charge in [0.25, 0.3) is 0 Å². The van der Waals surface area contributed by atoms with Crippen molar-refractivity contribution < 1.29 is 5.11 Å². The van der Waals surface area contributed by atoms with Crippen molar-refractivity contribution in [2.45, 2.75) is 80.6 Å². The van der Waals surface area contributed by atoms with Crippen LogP contribution in [0.15, 0.2) is 48.5 Å².